The molecule has 0 spiro atoms. The number of nitrogens with zero attached hydrogens (tertiary/aromatic N) is 2. The molecule has 78 valence electrons. The number of imidazole rings is 1. The Morgan fingerprint density at radius 2 is 2.47 bits per heavy atom. The van der Waals surface area contributed by atoms with Gasteiger partial charge < -0.3 is 9.14 Å². The first-order valence-electron chi connectivity index (χ1n) is 4.39. The first-order chi connectivity index (χ1) is 7.22. The van der Waals surface area contributed by atoms with Crippen LogP contribution in [0.2, 0.25) is 5.02 Å². The summed E-state index contributed by atoms with van der Waals surface area (Å²) in [5.41, 5.74) is 1.41. The molecular weight excluding hydrogens is 216 g/mol. The lowest BCUT2D eigenvalue weighted by Gasteiger charge is -2.00. The predicted molar refractivity (Wildman–Crippen MR) is 55.9 cm³/mol. The average molecular weight is 225 g/mol. The Bertz CT molecular complexity index is 507. The monoisotopic (exact) mass is 224 g/mol. The molecule has 2 heterocycles. The maximum absolute atomic E-state index is 11.1. The van der Waals surface area contributed by atoms with E-state index in [-0.39, 0.29) is 12.4 Å². The van der Waals surface area contributed by atoms with Gasteiger partial charge in [-0.3, -0.25) is 4.79 Å². The molecule has 0 aromatic carbocycles. The fourth-order valence-electron chi connectivity index (χ4n) is 1.38. The lowest BCUT2D eigenvalue weighted by Crippen LogP contribution is -2.06. The number of esters is 1. The number of halogens is 1. The fraction of sp³-hybridized carbons (Fsp3) is 0.200. The van der Waals surface area contributed by atoms with Crippen LogP contribution in [0.1, 0.15) is 5.69 Å². The van der Waals surface area contributed by atoms with Gasteiger partial charge in [-0.25, -0.2) is 4.98 Å². The fourth-order valence-corrected chi connectivity index (χ4v) is 1.59. The minimum Gasteiger partial charge on any atom is -0.469 e. The molecule has 0 bridgehead atoms. The maximum Gasteiger partial charge on any atom is 0.311 e. The zero-order valence-corrected chi connectivity index (χ0v) is 8.86. The molecule has 2 aromatic rings. The summed E-state index contributed by atoms with van der Waals surface area (Å²) in [4.78, 5) is 15.2. The molecule has 0 N–H and O–H groups in total. The van der Waals surface area contributed by atoms with Crippen molar-refractivity contribution in [3.8, 4) is 0 Å². The van der Waals surface area contributed by atoms with E-state index >= 15 is 0 Å². The van der Waals surface area contributed by atoms with Gasteiger partial charge in [-0.05, 0) is 12.1 Å². The van der Waals surface area contributed by atoms with Gasteiger partial charge in [0.1, 0.15) is 0 Å². The summed E-state index contributed by atoms with van der Waals surface area (Å²) < 4.78 is 6.37. The summed E-state index contributed by atoms with van der Waals surface area (Å²) in [6, 6.07) is 3.56. The second kappa shape index (κ2) is 3.90. The van der Waals surface area contributed by atoms with Crippen molar-refractivity contribution >= 4 is 23.2 Å². The van der Waals surface area contributed by atoms with Crippen molar-refractivity contribution < 1.29 is 9.53 Å². The molecule has 2 aromatic heterocycles. The zero-order chi connectivity index (χ0) is 10.8. The highest BCUT2D eigenvalue weighted by Gasteiger charge is 2.09. The second-order valence-corrected chi connectivity index (χ2v) is 3.46. The third-order valence-corrected chi connectivity index (χ3v) is 2.41. The van der Waals surface area contributed by atoms with Crippen LogP contribution in [0, 0.1) is 0 Å². The van der Waals surface area contributed by atoms with Crippen LogP contribution in [0.25, 0.3) is 5.65 Å². The molecule has 15 heavy (non-hydrogen) atoms. The topological polar surface area (TPSA) is 43.6 Å². The largest absolute Gasteiger partial charge is 0.469 e. The van der Waals surface area contributed by atoms with E-state index in [1.807, 2.05) is 6.20 Å². The van der Waals surface area contributed by atoms with Crippen molar-refractivity contribution in [1.29, 1.82) is 0 Å². The molecular formula is C10H9ClN2O2. The van der Waals surface area contributed by atoms with E-state index in [2.05, 4.69) is 9.72 Å². The summed E-state index contributed by atoms with van der Waals surface area (Å²) in [5, 5.41) is 0.564. The third kappa shape index (κ3) is 1.80. The Hall–Kier alpha value is -1.55. The van der Waals surface area contributed by atoms with Crippen molar-refractivity contribution in [3.63, 3.8) is 0 Å². The molecule has 0 saturated carbocycles. The van der Waals surface area contributed by atoms with Gasteiger partial charge >= 0.3 is 5.97 Å². The van der Waals surface area contributed by atoms with Crippen molar-refractivity contribution in [2.24, 2.45) is 0 Å². The highest BCUT2D eigenvalue weighted by molar-refractivity contribution is 6.33. The summed E-state index contributed by atoms with van der Waals surface area (Å²) in [7, 11) is 1.36. The minimum atomic E-state index is -0.295. The van der Waals surface area contributed by atoms with Crippen LogP contribution in [0.15, 0.2) is 24.5 Å². The predicted octanol–water partition coefficient (Wildman–Crippen LogP) is 1.70. The smallest absolute Gasteiger partial charge is 0.311 e. The van der Waals surface area contributed by atoms with E-state index in [0.29, 0.717) is 10.7 Å². The Balaban J connectivity index is 2.45. The number of hydrogen-bond donors (Lipinski definition) is 0. The van der Waals surface area contributed by atoms with Crippen LogP contribution in [-0.2, 0) is 16.0 Å². The number of ether oxygens (including phenoxy) is 1. The minimum absolute atomic E-state index is 0.192. The van der Waals surface area contributed by atoms with Crippen LogP contribution < -0.4 is 0 Å². The highest BCUT2D eigenvalue weighted by Crippen LogP contribution is 2.17. The van der Waals surface area contributed by atoms with E-state index < -0.39 is 0 Å². The number of pyridine rings is 1. The molecule has 4 nitrogen and oxygen atoms in total. The number of carbonyl (C=O) groups excluding carboxylic acids is 1. The molecule has 0 aliphatic carbocycles. The number of fused-ring (bicyclic) bond motifs is 1. The Kier molecular flexibility index (Phi) is 2.60. The molecule has 0 aliphatic rings. The summed E-state index contributed by atoms with van der Waals surface area (Å²) in [6.45, 7) is 0. The highest BCUT2D eigenvalue weighted by atomic mass is 35.5. The normalized spacial score (nSPS) is 10.5. The van der Waals surface area contributed by atoms with Crippen LogP contribution in [-0.4, -0.2) is 22.5 Å². The van der Waals surface area contributed by atoms with E-state index in [4.69, 9.17) is 11.6 Å². The zero-order valence-electron chi connectivity index (χ0n) is 8.11. The number of methoxy groups -OCH3 is 1. The maximum atomic E-state index is 11.1. The van der Waals surface area contributed by atoms with E-state index in [1.165, 1.54) is 7.11 Å². The summed E-state index contributed by atoms with van der Waals surface area (Å²) in [5.74, 6) is -0.295. The lowest BCUT2D eigenvalue weighted by molar-refractivity contribution is -0.139. The van der Waals surface area contributed by atoms with Crippen molar-refractivity contribution in [2.75, 3.05) is 7.11 Å². The van der Waals surface area contributed by atoms with Crippen molar-refractivity contribution in [1.82, 2.24) is 9.38 Å². The standard InChI is InChI=1S/C10H9ClN2O2/c1-15-9(14)5-7-6-12-10-8(11)3-2-4-13(7)10/h2-4,6H,5H2,1H3. The molecule has 0 atom stereocenters. The molecule has 0 unspecified atom stereocenters. The average Bonchev–Trinajstić information content (AvgIpc) is 2.63. The van der Waals surface area contributed by atoms with Crippen molar-refractivity contribution in [2.45, 2.75) is 6.42 Å². The Morgan fingerprint density at radius 1 is 1.67 bits per heavy atom. The van der Waals surface area contributed by atoms with Crippen LogP contribution >= 0.6 is 11.6 Å². The van der Waals surface area contributed by atoms with Crippen LogP contribution in [0.4, 0.5) is 0 Å². The molecule has 5 heteroatoms. The number of aromatic nitrogens is 2. The summed E-state index contributed by atoms with van der Waals surface area (Å²) >= 11 is 5.94. The third-order valence-electron chi connectivity index (χ3n) is 2.12. The number of carbonyl (C=O) groups is 1. The van der Waals surface area contributed by atoms with Crippen molar-refractivity contribution in [3.05, 3.63) is 35.2 Å². The quantitative estimate of drug-likeness (QED) is 0.730. The van der Waals surface area contributed by atoms with Gasteiger partial charge in [0.05, 0.1) is 24.2 Å². The van der Waals surface area contributed by atoms with Gasteiger partial charge in [-0.2, -0.15) is 0 Å². The lowest BCUT2D eigenvalue weighted by atomic mass is 10.3. The SMILES string of the molecule is COC(=O)Cc1cnc2c(Cl)cccn12. The second-order valence-electron chi connectivity index (χ2n) is 3.05. The molecule has 0 aliphatic heterocycles. The van der Waals surface area contributed by atoms with Gasteiger partial charge in [0, 0.05) is 12.4 Å². The Labute approximate surface area is 91.4 Å². The number of rotatable bonds is 2. The van der Waals surface area contributed by atoms with Gasteiger partial charge in [0.25, 0.3) is 0 Å². The van der Waals surface area contributed by atoms with Gasteiger partial charge in [-0.1, -0.05) is 11.6 Å². The molecule has 2 rings (SSSR count). The first kappa shape index (κ1) is 9.98. The van der Waals surface area contributed by atoms with Gasteiger partial charge in [0.2, 0.25) is 0 Å². The van der Waals surface area contributed by atoms with E-state index in [0.717, 1.165) is 5.69 Å². The summed E-state index contributed by atoms with van der Waals surface area (Å²) in [6.07, 6.45) is 3.63. The molecule has 0 saturated heterocycles. The van der Waals surface area contributed by atoms with Crippen LogP contribution in [0.3, 0.4) is 0 Å². The molecule has 0 amide bonds. The van der Waals surface area contributed by atoms with Gasteiger partial charge in [0.15, 0.2) is 5.65 Å². The first-order valence-corrected chi connectivity index (χ1v) is 4.77. The van der Waals surface area contributed by atoms with Crippen LogP contribution in [0.5, 0.6) is 0 Å². The molecule has 0 radical (unpaired) electrons. The van der Waals surface area contributed by atoms with Gasteiger partial charge in [-0.15, -0.1) is 0 Å². The van der Waals surface area contributed by atoms with E-state index in [9.17, 15) is 4.79 Å². The molecule has 0 fully saturated rings. The Morgan fingerprint density at radius 3 is 3.20 bits per heavy atom. The number of hydrogen-bond acceptors (Lipinski definition) is 3. The van der Waals surface area contributed by atoms with E-state index in [1.54, 1.807) is 22.7 Å².